The van der Waals surface area contributed by atoms with E-state index in [1.54, 1.807) is 22.9 Å². The van der Waals surface area contributed by atoms with Crippen LogP contribution in [0.2, 0.25) is 0 Å². The molecule has 1 amide bonds. The minimum Gasteiger partial charge on any atom is -0.452 e. The number of ether oxygens (including phenoxy) is 1. The molecule has 144 valence electrons. The number of hydrogen-bond donors (Lipinski definition) is 1. The van der Waals surface area contributed by atoms with Crippen molar-refractivity contribution < 1.29 is 14.3 Å². The molecule has 2 bridgehead atoms. The van der Waals surface area contributed by atoms with E-state index in [1.807, 2.05) is 6.92 Å². The van der Waals surface area contributed by atoms with Crippen molar-refractivity contribution in [2.45, 2.75) is 52.1 Å². The molecule has 0 spiro atoms. The van der Waals surface area contributed by atoms with E-state index in [1.165, 1.54) is 25.7 Å². The molecule has 4 atom stereocenters. The van der Waals surface area contributed by atoms with Gasteiger partial charge in [0.15, 0.2) is 6.61 Å². The number of rotatable bonds is 6. The molecule has 7 nitrogen and oxygen atoms in total. The molecular weight excluding hydrogens is 344 g/mol. The lowest BCUT2D eigenvalue weighted by molar-refractivity contribution is -0.125. The van der Waals surface area contributed by atoms with E-state index in [4.69, 9.17) is 4.74 Å². The van der Waals surface area contributed by atoms with E-state index in [-0.39, 0.29) is 18.6 Å². The Labute approximate surface area is 158 Å². The normalized spacial score (nSPS) is 24.9. The highest BCUT2D eigenvalue weighted by atomic mass is 16.5. The van der Waals surface area contributed by atoms with Crippen molar-refractivity contribution in [1.82, 2.24) is 20.3 Å². The molecular formula is C20H26N4O3. The summed E-state index contributed by atoms with van der Waals surface area (Å²) in [6.07, 6.45) is 5.15. The molecule has 27 heavy (non-hydrogen) atoms. The fraction of sp³-hybridized carbons (Fsp3) is 0.600. The van der Waals surface area contributed by atoms with E-state index < -0.39 is 5.97 Å². The third-order valence-electron chi connectivity index (χ3n) is 6.21. The van der Waals surface area contributed by atoms with Crippen LogP contribution in [0.3, 0.4) is 0 Å². The van der Waals surface area contributed by atoms with E-state index in [2.05, 4.69) is 22.6 Å². The summed E-state index contributed by atoms with van der Waals surface area (Å²) in [5.74, 6) is 1.39. The zero-order valence-corrected chi connectivity index (χ0v) is 15.9. The minimum atomic E-state index is -0.523. The van der Waals surface area contributed by atoms with Crippen molar-refractivity contribution in [2.75, 3.05) is 6.61 Å². The minimum absolute atomic E-state index is 0.131. The predicted octanol–water partition coefficient (Wildman–Crippen LogP) is 2.55. The van der Waals surface area contributed by atoms with Gasteiger partial charge < -0.3 is 10.1 Å². The van der Waals surface area contributed by atoms with E-state index in [0.29, 0.717) is 23.5 Å². The van der Waals surface area contributed by atoms with Gasteiger partial charge in [0.05, 0.1) is 11.1 Å². The number of hydrogen-bond acceptors (Lipinski definition) is 5. The number of fused-ring (bicyclic) bond motifs is 3. The zero-order chi connectivity index (χ0) is 19.0. The largest absolute Gasteiger partial charge is 0.452 e. The summed E-state index contributed by atoms with van der Waals surface area (Å²) < 4.78 is 6.95. The topological polar surface area (TPSA) is 86.1 Å². The standard InChI is InChI=1S/C20H26N4O3/c1-3-24-18-7-6-15(10-17(18)22-23-24)20(26)27-11-19(25)21-12(2)16-9-13-4-5-14(16)8-13/h6-7,10,12-14,16H,3-5,8-9,11H2,1-2H3,(H,21,25)/t12-,13+,14+,16-/m1/s1. The van der Waals surface area contributed by atoms with Crippen molar-refractivity contribution in [3.63, 3.8) is 0 Å². The van der Waals surface area contributed by atoms with Gasteiger partial charge in [-0.2, -0.15) is 0 Å². The van der Waals surface area contributed by atoms with Gasteiger partial charge in [-0.3, -0.25) is 4.79 Å². The highest BCUT2D eigenvalue weighted by molar-refractivity contribution is 5.94. The van der Waals surface area contributed by atoms with Crippen molar-refractivity contribution in [2.24, 2.45) is 17.8 Å². The number of carbonyl (C=O) groups is 2. The number of nitrogens with one attached hydrogen (secondary N) is 1. The molecule has 0 saturated heterocycles. The number of esters is 1. The first-order valence-corrected chi connectivity index (χ1v) is 9.85. The Balaban J connectivity index is 1.30. The number of carbonyl (C=O) groups excluding carboxylic acids is 2. The Morgan fingerprint density at radius 3 is 2.89 bits per heavy atom. The first-order chi connectivity index (χ1) is 13.0. The van der Waals surface area contributed by atoms with Crippen LogP contribution in [0.1, 0.15) is 49.9 Å². The predicted molar refractivity (Wildman–Crippen MR) is 100 cm³/mol. The van der Waals surface area contributed by atoms with Crippen LogP contribution in [0, 0.1) is 17.8 Å². The van der Waals surface area contributed by atoms with E-state index in [0.717, 1.165) is 17.4 Å². The Kier molecular flexibility index (Phi) is 4.85. The molecule has 2 aliphatic carbocycles. The molecule has 2 aliphatic rings. The fourth-order valence-electron chi connectivity index (χ4n) is 4.86. The Morgan fingerprint density at radius 1 is 1.33 bits per heavy atom. The SMILES string of the molecule is CCn1nnc2cc(C(=O)OCC(=O)N[C@H](C)[C@H]3C[C@H]4CC[C@H]3C4)ccc21. The molecule has 2 fully saturated rings. The van der Waals surface area contributed by atoms with Crippen molar-refractivity contribution >= 4 is 22.9 Å². The summed E-state index contributed by atoms with van der Waals surface area (Å²) in [7, 11) is 0. The third kappa shape index (κ3) is 3.55. The van der Waals surface area contributed by atoms with E-state index >= 15 is 0 Å². The Morgan fingerprint density at radius 2 is 2.19 bits per heavy atom. The first-order valence-electron chi connectivity index (χ1n) is 9.85. The molecule has 7 heteroatoms. The van der Waals surface area contributed by atoms with Gasteiger partial charge in [-0.15, -0.1) is 5.10 Å². The third-order valence-corrected chi connectivity index (χ3v) is 6.21. The van der Waals surface area contributed by atoms with Crippen LogP contribution in [0.15, 0.2) is 18.2 Å². The molecule has 1 N–H and O–H groups in total. The summed E-state index contributed by atoms with van der Waals surface area (Å²) in [6, 6.07) is 5.25. The van der Waals surface area contributed by atoms with Crippen LogP contribution in [0.25, 0.3) is 11.0 Å². The lowest BCUT2D eigenvalue weighted by Crippen LogP contribution is -2.42. The van der Waals surface area contributed by atoms with Gasteiger partial charge in [-0.05, 0) is 69.1 Å². The van der Waals surface area contributed by atoms with Crippen LogP contribution >= 0.6 is 0 Å². The number of nitrogens with zero attached hydrogens (tertiary/aromatic N) is 3. The highest BCUT2D eigenvalue weighted by Gasteiger charge is 2.42. The highest BCUT2D eigenvalue weighted by Crippen LogP contribution is 2.49. The second-order valence-corrected chi connectivity index (χ2v) is 7.88. The maximum atomic E-state index is 12.3. The van der Waals surface area contributed by atoms with Crippen LogP contribution in [-0.2, 0) is 16.1 Å². The molecule has 1 aromatic carbocycles. The monoisotopic (exact) mass is 370 g/mol. The maximum absolute atomic E-state index is 12.3. The summed E-state index contributed by atoms with van der Waals surface area (Å²) in [4.78, 5) is 24.5. The Hall–Kier alpha value is -2.44. The van der Waals surface area contributed by atoms with Gasteiger partial charge in [0.25, 0.3) is 5.91 Å². The second kappa shape index (κ2) is 7.29. The summed E-state index contributed by atoms with van der Waals surface area (Å²) in [5.41, 5.74) is 1.88. The number of aromatic nitrogens is 3. The second-order valence-electron chi connectivity index (χ2n) is 7.88. The first kappa shape index (κ1) is 17.9. The number of benzene rings is 1. The molecule has 1 heterocycles. The smallest absolute Gasteiger partial charge is 0.338 e. The lowest BCUT2D eigenvalue weighted by atomic mass is 9.84. The van der Waals surface area contributed by atoms with Gasteiger partial charge in [0.1, 0.15) is 5.52 Å². The molecule has 2 aromatic rings. The summed E-state index contributed by atoms with van der Waals surface area (Å²) in [6.45, 7) is 4.49. The van der Waals surface area contributed by atoms with Gasteiger partial charge in [0.2, 0.25) is 0 Å². The van der Waals surface area contributed by atoms with Gasteiger partial charge in [-0.1, -0.05) is 11.6 Å². The van der Waals surface area contributed by atoms with Crippen LogP contribution in [-0.4, -0.2) is 39.5 Å². The molecule has 2 saturated carbocycles. The quantitative estimate of drug-likeness (QED) is 0.790. The molecule has 0 unspecified atom stereocenters. The van der Waals surface area contributed by atoms with E-state index in [9.17, 15) is 9.59 Å². The van der Waals surface area contributed by atoms with Crippen LogP contribution in [0.5, 0.6) is 0 Å². The van der Waals surface area contributed by atoms with Gasteiger partial charge in [-0.25, -0.2) is 9.48 Å². The van der Waals surface area contributed by atoms with Crippen LogP contribution < -0.4 is 5.32 Å². The molecule has 0 radical (unpaired) electrons. The summed E-state index contributed by atoms with van der Waals surface area (Å²) in [5, 5.41) is 11.1. The molecule has 4 rings (SSSR count). The van der Waals surface area contributed by atoms with Gasteiger partial charge >= 0.3 is 5.97 Å². The molecule has 1 aromatic heterocycles. The van der Waals surface area contributed by atoms with Crippen LogP contribution in [0.4, 0.5) is 0 Å². The fourth-order valence-corrected chi connectivity index (χ4v) is 4.86. The van der Waals surface area contributed by atoms with Crippen molar-refractivity contribution in [3.8, 4) is 0 Å². The zero-order valence-electron chi connectivity index (χ0n) is 15.9. The van der Waals surface area contributed by atoms with Gasteiger partial charge in [0, 0.05) is 12.6 Å². The van der Waals surface area contributed by atoms with Crippen molar-refractivity contribution in [3.05, 3.63) is 23.8 Å². The Bertz CT molecular complexity index is 862. The lowest BCUT2D eigenvalue weighted by Gasteiger charge is -2.28. The van der Waals surface area contributed by atoms with Crippen molar-refractivity contribution in [1.29, 1.82) is 0 Å². The summed E-state index contributed by atoms with van der Waals surface area (Å²) >= 11 is 0. The molecule has 0 aliphatic heterocycles. The average molecular weight is 370 g/mol. The maximum Gasteiger partial charge on any atom is 0.338 e. The number of aryl methyl sites for hydroxylation is 1. The number of amides is 1. The average Bonchev–Trinajstić information content (AvgIpc) is 3.40.